The Kier molecular flexibility index (Phi) is 4.45. The largest absolute Gasteiger partial charge is 0.425 e. The number of hydrogen-bond acceptors (Lipinski definition) is 5. The minimum Gasteiger partial charge on any atom is -0.425 e. The van der Waals surface area contributed by atoms with Gasteiger partial charge in [0.1, 0.15) is 11.8 Å². The van der Waals surface area contributed by atoms with Gasteiger partial charge >= 0.3 is 5.97 Å². The Hall–Kier alpha value is -3.15. The summed E-state index contributed by atoms with van der Waals surface area (Å²) in [6.07, 6.45) is 0.961. The molecular weight excluding hydrogens is 368 g/mol. The van der Waals surface area contributed by atoms with Gasteiger partial charge in [0.05, 0.1) is 11.1 Å². The number of nitrogens with zero attached hydrogens (tertiary/aromatic N) is 1. The lowest BCUT2D eigenvalue weighted by atomic mass is 9.82. The Balaban J connectivity index is 1.53. The summed E-state index contributed by atoms with van der Waals surface area (Å²) in [5.74, 6) is -0.864. The number of esters is 1. The molecular formula is C23H24N2O4. The van der Waals surface area contributed by atoms with E-state index in [1.54, 1.807) is 30.3 Å². The van der Waals surface area contributed by atoms with Crippen LogP contribution >= 0.6 is 0 Å². The Morgan fingerprint density at radius 1 is 1.14 bits per heavy atom. The standard InChI is InChI=1S/C23H24N2O4/c1-13-12-23(3,4)24-19-10-9-15(11-18(13)19)29-22(28)14(2)25-20(26)16-7-5-6-8-17(16)21(25)27/h5-11,13-14,24H,12H2,1-4H3. The predicted octanol–water partition coefficient (Wildman–Crippen LogP) is 3.97. The van der Waals surface area contributed by atoms with Gasteiger partial charge in [-0.3, -0.25) is 14.5 Å². The lowest BCUT2D eigenvalue weighted by molar-refractivity contribution is -0.138. The summed E-state index contributed by atoms with van der Waals surface area (Å²) >= 11 is 0. The third kappa shape index (κ3) is 3.28. The van der Waals surface area contributed by atoms with Crippen molar-refractivity contribution in [3.8, 4) is 5.75 Å². The van der Waals surface area contributed by atoms with Crippen LogP contribution in [0, 0.1) is 0 Å². The fraction of sp³-hybridized carbons (Fsp3) is 0.348. The van der Waals surface area contributed by atoms with E-state index in [1.165, 1.54) is 6.92 Å². The number of hydrogen-bond donors (Lipinski definition) is 1. The third-order valence-corrected chi connectivity index (χ3v) is 5.62. The Morgan fingerprint density at radius 3 is 2.38 bits per heavy atom. The lowest BCUT2D eigenvalue weighted by Crippen LogP contribution is -2.44. The molecule has 2 amide bonds. The molecule has 4 rings (SSSR count). The SMILES string of the molecule is CC1CC(C)(C)Nc2ccc(OC(=O)C(C)N3C(=O)c4ccccc4C3=O)cc21. The normalized spacial score (nSPS) is 20.6. The van der Waals surface area contributed by atoms with Gasteiger partial charge in [0.15, 0.2) is 0 Å². The van der Waals surface area contributed by atoms with Crippen LogP contribution < -0.4 is 10.1 Å². The molecule has 2 aromatic rings. The van der Waals surface area contributed by atoms with Crippen molar-refractivity contribution in [1.82, 2.24) is 4.90 Å². The quantitative estimate of drug-likeness (QED) is 0.486. The molecule has 2 unspecified atom stereocenters. The predicted molar refractivity (Wildman–Crippen MR) is 109 cm³/mol. The molecule has 0 aliphatic carbocycles. The van der Waals surface area contributed by atoms with E-state index in [1.807, 2.05) is 12.1 Å². The van der Waals surface area contributed by atoms with Crippen LogP contribution in [0.15, 0.2) is 42.5 Å². The minimum atomic E-state index is -1.02. The minimum absolute atomic E-state index is 0.00457. The van der Waals surface area contributed by atoms with Crippen LogP contribution in [0.1, 0.15) is 66.3 Å². The number of amides is 2. The highest BCUT2D eigenvalue weighted by molar-refractivity contribution is 6.22. The summed E-state index contributed by atoms with van der Waals surface area (Å²) < 4.78 is 5.54. The second-order valence-corrected chi connectivity index (χ2v) is 8.49. The number of rotatable bonds is 3. The van der Waals surface area contributed by atoms with E-state index in [0.717, 1.165) is 22.6 Å². The molecule has 0 saturated heterocycles. The molecule has 0 aromatic heterocycles. The van der Waals surface area contributed by atoms with Gasteiger partial charge in [0, 0.05) is 11.2 Å². The van der Waals surface area contributed by atoms with Crippen molar-refractivity contribution in [2.45, 2.75) is 51.6 Å². The Morgan fingerprint density at radius 2 is 1.76 bits per heavy atom. The molecule has 6 heteroatoms. The van der Waals surface area contributed by atoms with Gasteiger partial charge in [-0.15, -0.1) is 0 Å². The number of benzene rings is 2. The second-order valence-electron chi connectivity index (χ2n) is 8.49. The van der Waals surface area contributed by atoms with Crippen molar-refractivity contribution in [3.63, 3.8) is 0 Å². The number of ether oxygens (including phenoxy) is 1. The first kappa shape index (κ1) is 19.2. The number of anilines is 1. The monoisotopic (exact) mass is 392 g/mol. The van der Waals surface area contributed by atoms with Crippen LogP contribution in [0.4, 0.5) is 5.69 Å². The van der Waals surface area contributed by atoms with Gasteiger partial charge in [0.2, 0.25) is 0 Å². The number of fused-ring (bicyclic) bond motifs is 2. The van der Waals surface area contributed by atoms with Crippen LogP contribution in [-0.2, 0) is 4.79 Å². The molecule has 2 heterocycles. The van der Waals surface area contributed by atoms with Gasteiger partial charge in [0.25, 0.3) is 11.8 Å². The molecule has 2 aliphatic heterocycles. The number of carbonyl (C=O) groups is 3. The summed E-state index contributed by atoms with van der Waals surface area (Å²) in [6.45, 7) is 7.97. The molecule has 2 atom stereocenters. The van der Waals surface area contributed by atoms with Gasteiger partial charge in [-0.05, 0) is 69.0 Å². The second kappa shape index (κ2) is 6.72. The van der Waals surface area contributed by atoms with Crippen LogP contribution in [0.2, 0.25) is 0 Å². The Bertz CT molecular complexity index is 992. The molecule has 6 nitrogen and oxygen atoms in total. The van der Waals surface area contributed by atoms with E-state index in [4.69, 9.17) is 4.74 Å². The van der Waals surface area contributed by atoms with Crippen molar-refractivity contribution >= 4 is 23.5 Å². The zero-order valence-electron chi connectivity index (χ0n) is 17.0. The zero-order chi connectivity index (χ0) is 20.9. The number of imide groups is 1. The Labute approximate surface area is 169 Å². The summed E-state index contributed by atoms with van der Waals surface area (Å²) in [4.78, 5) is 38.9. The highest BCUT2D eigenvalue weighted by atomic mass is 16.5. The molecule has 150 valence electrons. The van der Waals surface area contributed by atoms with Crippen molar-refractivity contribution in [3.05, 3.63) is 59.2 Å². The summed E-state index contributed by atoms with van der Waals surface area (Å²) in [7, 11) is 0. The summed E-state index contributed by atoms with van der Waals surface area (Å²) in [6, 6.07) is 11.0. The van der Waals surface area contributed by atoms with E-state index < -0.39 is 23.8 Å². The van der Waals surface area contributed by atoms with E-state index >= 15 is 0 Å². The average Bonchev–Trinajstić information content (AvgIpc) is 2.92. The van der Waals surface area contributed by atoms with E-state index in [0.29, 0.717) is 22.8 Å². The summed E-state index contributed by atoms with van der Waals surface area (Å²) in [5.41, 5.74) is 2.75. The molecule has 0 radical (unpaired) electrons. The van der Waals surface area contributed by atoms with Crippen LogP contribution in [-0.4, -0.2) is 34.3 Å². The van der Waals surface area contributed by atoms with Gasteiger partial charge in [-0.2, -0.15) is 0 Å². The zero-order valence-corrected chi connectivity index (χ0v) is 17.0. The van der Waals surface area contributed by atoms with E-state index in [9.17, 15) is 14.4 Å². The maximum absolute atomic E-state index is 12.7. The molecule has 1 N–H and O–H groups in total. The van der Waals surface area contributed by atoms with E-state index in [-0.39, 0.29) is 5.54 Å². The van der Waals surface area contributed by atoms with Crippen LogP contribution in [0.25, 0.3) is 0 Å². The van der Waals surface area contributed by atoms with Crippen molar-refractivity contribution in [1.29, 1.82) is 0 Å². The smallest absolute Gasteiger partial charge is 0.334 e. The number of nitrogens with one attached hydrogen (secondary N) is 1. The molecule has 0 fully saturated rings. The molecule has 2 aliphatic rings. The first-order valence-corrected chi connectivity index (χ1v) is 9.79. The van der Waals surface area contributed by atoms with Crippen LogP contribution in [0.5, 0.6) is 5.75 Å². The molecule has 29 heavy (non-hydrogen) atoms. The highest BCUT2D eigenvalue weighted by Crippen LogP contribution is 2.40. The fourth-order valence-corrected chi connectivity index (χ4v) is 4.28. The fourth-order valence-electron chi connectivity index (χ4n) is 4.28. The summed E-state index contributed by atoms with van der Waals surface area (Å²) in [5, 5.41) is 3.50. The van der Waals surface area contributed by atoms with Crippen molar-refractivity contribution < 1.29 is 19.1 Å². The van der Waals surface area contributed by atoms with E-state index in [2.05, 4.69) is 26.1 Å². The van der Waals surface area contributed by atoms with Crippen LogP contribution in [0.3, 0.4) is 0 Å². The van der Waals surface area contributed by atoms with Gasteiger partial charge < -0.3 is 10.1 Å². The maximum atomic E-state index is 12.7. The maximum Gasteiger partial charge on any atom is 0.334 e. The molecule has 0 spiro atoms. The topological polar surface area (TPSA) is 75.7 Å². The number of carbonyl (C=O) groups excluding carboxylic acids is 3. The van der Waals surface area contributed by atoms with Crippen molar-refractivity contribution in [2.24, 2.45) is 0 Å². The lowest BCUT2D eigenvalue weighted by Gasteiger charge is -2.37. The average molecular weight is 392 g/mol. The molecule has 0 saturated carbocycles. The first-order chi connectivity index (χ1) is 13.7. The molecule has 2 aromatic carbocycles. The van der Waals surface area contributed by atoms with Gasteiger partial charge in [-0.1, -0.05) is 19.1 Å². The molecule has 0 bridgehead atoms. The first-order valence-electron chi connectivity index (χ1n) is 9.79. The highest BCUT2D eigenvalue weighted by Gasteiger charge is 2.41. The van der Waals surface area contributed by atoms with Crippen molar-refractivity contribution in [2.75, 3.05) is 5.32 Å². The van der Waals surface area contributed by atoms with Gasteiger partial charge in [-0.25, -0.2) is 4.79 Å². The third-order valence-electron chi connectivity index (χ3n) is 5.62.